The molecule has 0 atom stereocenters. The van der Waals surface area contributed by atoms with Crippen LogP contribution in [0.5, 0.6) is 0 Å². The van der Waals surface area contributed by atoms with Crippen LogP contribution in [0, 0.1) is 18.5 Å². The van der Waals surface area contributed by atoms with Crippen molar-refractivity contribution in [2.24, 2.45) is 0 Å². The molecule has 0 fully saturated rings. The second-order valence-corrected chi connectivity index (χ2v) is 3.19. The molecule has 13 heavy (non-hydrogen) atoms. The lowest BCUT2D eigenvalue weighted by Gasteiger charge is -2.00. The van der Waals surface area contributed by atoms with E-state index in [9.17, 15) is 0 Å². The van der Waals surface area contributed by atoms with Gasteiger partial charge in [-0.2, -0.15) is 0 Å². The zero-order chi connectivity index (χ0) is 9.42. The summed E-state index contributed by atoms with van der Waals surface area (Å²) in [6.45, 7) is 3.82. The monoisotopic (exact) mass is 192 g/mol. The maximum absolute atomic E-state index is 5.02. The summed E-state index contributed by atoms with van der Waals surface area (Å²) >= 11 is 5.02. The van der Waals surface area contributed by atoms with E-state index in [2.05, 4.69) is 19.9 Å². The van der Waals surface area contributed by atoms with Gasteiger partial charge in [0, 0.05) is 0 Å². The minimum atomic E-state index is 0.490. The lowest BCUT2D eigenvalue weighted by Crippen LogP contribution is -1.96. The molecule has 0 aromatic carbocycles. The van der Waals surface area contributed by atoms with Crippen molar-refractivity contribution in [2.45, 2.75) is 13.8 Å². The Morgan fingerprint density at radius 1 is 1.23 bits per heavy atom. The number of rotatable bonds is 0. The highest BCUT2D eigenvalue weighted by Crippen LogP contribution is 2.08. The van der Waals surface area contributed by atoms with Crippen molar-refractivity contribution in [2.75, 3.05) is 0 Å². The highest BCUT2D eigenvalue weighted by atomic mass is 32.1. The smallest absolute Gasteiger partial charge is 0.160 e. The molecule has 0 saturated carbocycles. The lowest BCUT2D eigenvalue weighted by atomic mass is 10.3. The van der Waals surface area contributed by atoms with Gasteiger partial charge in [-0.05, 0) is 13.8 Å². The number of aryl methyl sites for hydroxylation is 2. The van der Waals surface area contributed by atoms with Crippen molar-refractivity contribution in [3.05, 3.63) is 22.4 Å². The van der Waals surface area contributed by atoms with Gasteiger partial charge in [0.25, 0.3) is 0 Å². The number of aromatic amines is 1. The molecule has 0 saturated heterocycles. The summed E-state index contributed by atoms with van der Waals surface area (Å²) < 4.78 is 0.490. The van der Waals surface area contributed by atoms with Crippen molar-refractivity contribution in [3.8, 4) is 0 Å². The molecule has 0 aliphatic rings. The van der Waals surface area contributed by atoms with E-state index in [-0.39, 0.29) is 0 Å². The number of nitrogens with zero attached hydrogens (tertiary/aromatic N) is 3. The first-order valence-corrected chi connectivity index (χ1v) is 4.28. The van der Waals surface area contributed by atoms with E-state index in [1.807, 2.05) is 13.8 Å². The quantitative estimate of drug-likeness (QED) is 0.645. The molecule has 4 nitrogen and oxygen atoms in total. The summed E-state index contributed by atoms with van der Waals surface area (Å²) in [7, 11) is 0. The van der Waals surface area contributed by atoms with Gasteiger partial charge in [-0.15, -0.1) is 0 Å². The Morgan fingerprint density at radius 2 is 1.92 bits per heavy atom. The van der Waals surface area contributed by atoms with Crippen LogP contribution < -0.4 is 0 Å². The highest BCUT2D eigenvalue weighted by Gasteiger charge is 2.02. The Kier molecular flexibility index (Phi) is 1.81. The van der Waals surface area contributed by atoms with Crippen LogP contribution in [-0.4, -0.2) is 19.9 Å². The highest BCUT2D eigenvalue weighted by molar-refractivity contribution is 7.71. The molecule has 2 aromatic heterocycles. The van der Waals surface area contributed by atoms with Gasteiger partial charge in [-0.25, -0.2) is 15.0 Å². The van der Waals surface area contributed by atoms with Crippen molar-refractivity contribution in [1.82, 2.24) is 19.9 Å². The van der Waals surface area contributed by atoms with E-state index in [0.29, 0.717) is 15.8 Å². The standard InChI is InChI=1S/C8H8N4S/c1-4-5(2)12-7-6(11-4)8(13)10-3-9-7/h3H,1-2H3,(H,9,10,12,13). The molecule has 0 amide bonds. The van der Waals surface area contributed by atoms with Crippen molar-refractivity contribution in [1.29, 1.82) is 0 Å². The maximum Gasteiger partial charge on any atom is 0.160 e. The molecule has 0 radical (unpaired) electrons. The summed E-state index contributed by atoms with van der Waals surface area (Å²) in [5, 5.41) is 0. The topological polar surface area (TPSA) is 54.5 Å². The average Bonchev–Trinajstić information content (AvgIpc) is 2.09. The first-order chi connectivity index (χ1) is 6.18. The van der Waals surface area contributed by atoms with E-state index in [0.717, 1.165) is 11.4 Å². The van der Waals surface area contributed by atoms with Gasteiger partial charge in [-0.1, -0.05) is 12.2 Å². The third-order valence-electron chi connectivity index (χ3n) is 1.89. The Morgan fingerprint density at radius 3 is 2.69 bits per heavy atom. The summed E-state index contributed by atoms with van der Waals surface area (Å²) in [6, 6.07) is 0. The summed E-state index contributed by atoms with van der Waals surface area (Å²) in [4.78, 5) is 15.5. The largest absolute Gasteiger partial charge is 0.329 e. The first-order valence-electron chi connectivity index (χ1n) is 3.87. The number of fused-ring (bicyclic) bond motifs is 1. The van der Waals surface area contributed by atoms with Crippen LogP contribution in [0.4, 0.5) is 0 Å². The fraction of sp³-hybridized carbons (Fsp3) is 0.250. The first kappa shape index (κ1) is 8.25. The molecular formula is C8H8N4S. The van der Waals surface area contributed by atoms with Crippen molar-refractivity contribution < 1.29 is 0 Å². The minimum Gasteiger partial charge on any atom is -0.329 e. The molecule has 1 N–H and O–H groups in total. The van der Waals surface area contributed by atoms with Gasteiger partial charge in [0.2, 0.25) is 0 Å². The second-order valence-electron chi connectivity index (χ2n) is 2.80. The zero-order valence-corrected chi connectivity index (χ0v) is 8.14. The van der Waals surface area contributed by atoms with E-state index in [1.54, 1.807) is 0 Å². The van der Waals surface area contributed by atoms with Crippen LogP contribution in [-0.2, 0) is 0 Å². The fourth-order valence-corrected chi connectivity index (χ4v) is 1.26. The predicted molar refractivity (Wildman–Crippen MR) is 52.0 cm³/mol. The van der Waals surface area contributed by atoms with Gasteiger partial charge >= 0.3 is 0 Å². The SMILES string of the molecule is Cc1nc2[nH]cnc(=S)c2nc1C. The van der Waals surface area contributed by atoms with Crippen molar-refractivity contribution in [3.63, 3.8) is 0 Å². The van der Waals surface area contributed by atoms with Crippen LogP contribution >= 0.6 is 12.2 Å². The number of hydrogen-bond acceptors (Lipinski definition) is 4. The molecule has 0 bridgehead atoms. The maximum atomic E-state index is 5.02. The molecule has 2 rings (SSSR count). The van der Waals surface area contributed by atoms with Gasteiger partial charge in [0.05, 0.1) is 17.7 Å². The summed E-state index contributed by atoms with van der Waals surface area (Å²) in [5.74, 6) is 0. The van der Waals surface area contributed by atoms with E-state index in [4.69, 9.17) is 12.2 Å². The molecule has 0 spiro atoms. The predicted octanol–water partition coefficient (Wildman–Crippen LogP) is 1.70. The minimum absolute atomic E-state index is 0.490. The van der Waals surface area contributed by atoms with Gasteiger partial charge in [0.15, 0.2) is 10.3 Å². The van der Waals surface area contributed by atoms with E-state index < -0.39 is 0 Å². The van der Waals surface area contributed by atoms with Crippen LogP contribution in [0.3, 0.4) is 0 Å². The third-order valence-corrected chi connectivity index (χ3v) is 2.19. The van der Waals surface area contributed by atoms with E-state index >= 15 is 0 Å². The second kappa shape index (κ2) is 2.85. The normalized spacial score (nSPS) is 10.6. The van der Waals surface area contributed by atoms with Crippen LogP contribution in [0.25, 0.3) is 11.2 Å². The van der Waals surface area contributed by atoms with Gasteiger partial charge in [0.1, 0.15) is 5.52 Å². The Labute approximate surface area is 80.1 Å². The Hall–Kier alpha value is -1.36. The molecular weight excluding hydrogens is 184 g/mol. The van der Waals surface area contributed by atoms with Crippen molar-refractivity contribution >= 4 is 23.4 Å². The van der Waals surface area contributed by atoms with Gasteiger partial charge in [-0.3, -0.25) is 0 Å². The number of nitrogens with one attached hydrogen (secondary N) is 1. The fourth-order valence-electron chi connectivity index (χ4n) is 1.07. The summed E-state index contributed by atoms with van der Waals surface area (Å²) in [5.41, 5.74) is 3.16. The summed E-state index contributed by atoms with van der Waals surface area (Å²) in [6.07, 6.45) is 1.54. The van der Waals surface area contributed by atoms with Crippen LogP contribution in [0.1, 0.15) is 11.4 Å². The molecule has 0 aliphatic heterocycles. The third kappa shape index (κ3) is 1.31. The van der Waals surface area contributed by atoms with Gasteiger partial charge < -0.3 is 4.98 Å². The molecule has 0 unspecified atom stereocenters. The molecule has 2 heterocycles. The Bertz CT molecular complexity index is 517. The average molecular weight is 192 g/mol. The van der Waals surface area contributed by atoms with Crippen LogP contribution in [0.15, 0.2) is 6.33 Å². The molecule has 0 aliphatic carbocycles. The molecule has 66 valence electrons. The number of hydrogen-bond donors (Lipinski definition) is 1. The molecule has 2 aromatic rings. The van der Waals surface area contributed by atoms with E-state index in [1.165, 1.54) is 6.33 Å². The number of H-pyrrole nitrogens is 1. The lowest BCUT2D eigenvalue weighted by molar-refractivity contribution is 1.05. The Balaban J connectivity index is 2.97. The van der Waals surface area contributed by atoms with Crippen LogP contribution in [0.2, 0.25) is 0 Å². The molecule has 5 heteroatoms. The zero-order valence-electron chi connectivity index (χ0n) is 7.33. The number of aromatic nitrogens is 4.